The lowest BCUT2D eigenvalue weighted by atomic mass is 9.93. The number of primary amides is 1. The Morgan fingerprint density at radius 1 is 1.12 bits per heavy atom. The van der Waals surface area contributed by atoms with Gasteiger partial charge in [-0.1, -0.05) is 41.5 Å². The molecule has 90 valence electrons. The molecule has 16 heavy (non-hydrogen) atoms. The molecule has 1 aromatic heterocycles. The zero-order chi connectivity index (χ0) is 12.7. The van der Waals surface area contributed by atoms with Gasteiger partial charge >= 0.3 is 0 Å². The summed E-state index contributed by atoms with van der Waals surface area (Å²) in [6, 6.07) is 0. The zero-order valence-electron chi connectivity index (χ0n) is 10.8. The predicted molar refractivity (Wildman–Crippen MR) is 68.0 cm³/mol. The fourth-order valence-corrected chi connectivity index (χ4v) is 2.50. The first kappa shape index (κ1) is 13.2. The van der Waals surface area contributed by atoms with Crippen LogP contribution in [0.15, 0.2) is 0 Å². The van der Waals surface area contributed by atoms with E-state index in [-0.39, 0.29) is 10.8 Å². The van der Waals surface area contributed by atoms with Crippen LogP contribution < -0.4 is 5.73 Å². The second-order valence-corrected chi connectivity index (χ2v) is 7.06. The third-order valence-corrected chi connectivity index (χ3v) is 4.09. The van der Waals surface area contributed by atoms with Crippen LogP contribution in [0.4, 0.5) is 0 Å². The van der Waals surface area contributed by atoms with Gasteiger partial charge in [-0.05, 0) is 5.41 Å². The van der Waals surface area contributed by atoms with E-state index in [1.54, 1.807) is 11.3 Å². The van der Waals surface area contributed by atoms with Gasteiger partial charge in [-0.25, -0.2) is 4.98 Å². The van der Waals surface area contributed by atoms with Gasteiger partial charge in [0.1, 0.15) is 5.69 Å². The molecule has 2 N–H and O–H groups in total. The third kappa shape index (κ3) is 2.61. The molecule has 0 aliphatic heterocycles. The predicted octanol–water partition coefficient (Wildman–Crippen LogP) is 2.84. The van der Waals surface area contributed by atoms with Crippen molar-refractivity contribution in [3.63, 3.8) is 0 Å². The number of carbonyl (C=O) groups is 1. The SMILES string of the molecule is CC(C)(C)c1nc(C(N)=O)c(C(C)(C)C)s1. The monoisotopic (exact) mass is 240 g/mol. The molecular weight excluding hydrogens is 220 g/mol. The summed E-state index contributed by atoms with van der Waals surface area (Å²) in [5.74, 6) is -0.434. The topological polar surface area (TPSA) is 56.0 Å². The highest BCUT2D eigenvalue weighted by molar-refractivity contribution is 7.12. The molecule has 0 aliphatic carbocycles. The van der Waals surface area contributed by atoms with Gasteiger partial charge in [0.05, 0.1) is 5.01 Å². The van der Waals surface area contributed by atoms with Crippen LogP contribution in [0.2, 0.25) is 0 Å². The van der Waals surface area contributed by atoms with E-state index in [2.05, 4.69) is 46.5 Å². The van der Waals surface area contributed by atoms with Crippen LogP contribution in [0.3, 0.4) is 0 Å². The number of carbonyl (C=O) groups excluding carboxylic acids is 1. The molecule has 0 saturated heterocycles. The van der Waals surface area contributed by atoms with E-state index in [1.807, 2.05) is 0 Å². The van der Waals surface area contributed by atoms with E-state index >= 15 is 0 Å². The van der Waals surface area contributed by atoms with E-state index in [0.717, 1.165) is 9.88 Å². The number of nitrogens with zero attached hydrogens (tertiary/aromatic N) is 1. The molecular formula is C12H20N2OS. The van der Waals surface area contributed by atoms with Gasteiger partial charge in [0.25, 0.3) is 5.91 Å². The fraction of sp³-hybridized carbons (Fsp3) is 0.667. The first-order valence-electron chi connectivity index (χ1n) is 5.35. The second kappa shape index (κ2) is 3.84. The Labute approximate surface area is 101 Å². The summed E-state index contributed by atoms with van der Waals surface area (Å²) in [6.07, 6.45) is 0. The van der Waals surface area contributed by atoms with Crippen LogP contribution >= 0.6 is 11.3 Å². The van der Waals surface area contributed by atoms with Crippen LogP contribution in [0, 0.1) is 0 Å². The Morgan fingerprint density at radius 2 is 1.62 bits per heavy atom. The highest BCUT2D eigenvalue weighted by Gasteiger charge is 2.29. The molecule has 0 atom stereocenters. The Bertz CT molecular complexity index is 408. The standard InChI is InChI=1S/C12H20N2OS/c1-11(2,3)8-7(9(13)15)14-10(16-8)12(4,5)6/h1-6H3,(H2,13,15). The number of hydrogen-bond acceptors (Lipinski definition) is 3. The van der Waals surface area contributed by atoms with E-state index in [4.69, 9.17) is 5.73 Å². The van der Waals surface area contributed by atoms with Crippen LogP contribution in [0.5, 0.6) is 0 Å². The number of aromatic nitrogens is 1. The average molecular weight is 240 g/mol. The van der Waals surface area contributed by atoms with E-state index < -0.39 is 5.91 Å². The summed E-state index contributed by atoms with van der Waals surface area (Å²) in [5.41, 5.74) is 5.67. The zero-order valence-corrected chi connectivity index (χ0v) is 11.7. The number of thiazole rings is 1. The summed E-state index contributed by atoms with van der Waals surface area (Å²) < 4.78 is 0. The van der Waals surface area contributed by atoms with Crippen molar-refractivity contribution in [1.82, 2.24) is 4.98 Å². The Kier molecular flexibility index (Phi) is 3.16. The quantitative estimate of drug-likeness (QED) is 0.820. The summed E-state index contributed by atoms with van der Waals surface area (Å²) in [7, 11) is 0. The Balaban J connectivity index is 3.38. The minimum absolute atomic E-state index is 0.0433. The molecule has 0 aromatic carbocycles. The van der Waals surface area contributed by atoms with Crippen LogP contribution in [-0.4, -0.2) is 10.9 Å². The summed E-state index contributed by atoms with van der Waals surface area (Å²) in [5, 5.41) is 0.964. The first-order chi connectivity index (χ1) is 7.03. The normalized spacial score (nSPS) is 12.9. The van der Waals surface area contributed by atoms with Crippen molar-refractivity contribution in [3.8, 4) is 0 Å². The first-order valence-corrected chi connectivity index (χ1v) is 6.16. The number of nitrogens with two attached hydrogens (primary N) is 1. The summed E-state index contributed by atoms with van der Waals surface area (Å²) in [4.78, 5) is 16.7. The summed E-state index contributed by atoms with van der Waals surface area (Å²) >= 11 is 1.59. The molecule has 0 aliphatic rings. The van der Waals surface area contributed by atoms with Gasteiger partial charge in [0, 0.05) is 10.3 Å². The molecule has 0 spiro atoms. The average Bonchev–Trinajstić information content (AvgIpc) is 2.44. The van der Waals surface area contributed by atoms with Crippen molar-refractivity contribution in [2.75, 3.05) is 0 Å². The Hall–Kier alpha value is -0.900. The number of rotatable bonds is 1. The van der Waals surface area contributed by atoms with Crippen LogP contribution in [0.1, 0.15) is 61.9 Å². The van der Waals surface area contributed by atoms with Gasteiger partial charge in [-0.15, -0.1) is 11.3 Å². The lowest BCUT2D eigenvalue weighted by Gasteiger charge is -2.17. The van der Waals surface area contributed by atoms with Crippen LogP contribution in [0.25, 0.3) is 0 Å². The highest BCUT2D eigenvalue weighted by Crippen LogP contribution is 2.36. The molecule has 0 fully saturated rings. The van der Waals surface area contributed by atoms with Crippen molar-refractivity contribution in [3.05, 3.63) is 15.6 Å². The van der Waals surface area contributed by atoms with Crippen molar-refractivity contribution in [2.45, 2.75) is 52.4 Å². The maximum Gasteiger partial charge on any atom is 0.268 e. The van der Waals surface area contributed by atoms with Gasteiger partial charge in [-0.3, -0.25) is 4.79 Å². The second-order valence-electron chi connectivity index (χ2n) is 6.06. The number of hydrogen-bond donors (Lipinski definition) is 1. The van der Waals surface area contributed by atoms with Gasteiger partial charge in [0.2, 0.25) is 0 Å². The number of amides is 1. The minimum atomic E-state index is -0.434. The van der Waals surface area contributed by atoms with Crippen molar-refractivity contribution in [2.24, 2.45) is 5.73 Å². The molecule has 1 amide bonds. The molecule has 1 rings (SSSR count). The largest absolute Gasteiger partial charge is 0.364 e. The molecule has 0 unspecified atom stereocenters. The lowest BCUT2D eigenvalue weighted by molar-refractivity contribution is 0.0994. The maximum absolute atomic E-state index is 11.4. The molecule has 0 radical (unpaired) electrons. The third-order valence-electron chi connectivity index (χ3n) is 2.18. The highest BCUT2D eigenvalue weighted by atomic mass is 32.1. The smallest absolute Gasteiger partial charge is 0.268 e. The molecule has 1 aromatic rings. The minimum Gasteiger partial charge on any atom is -0.364 e. The lowest BCUT2D eigenvalue weighted by Crippen LogP contribution is -2.20. The van der Waals surface area contributed by atoms with Crippen molar-refractivity contribution >= 4 is 17.2 Å². The van der Waals surface area contributed by atoms with Crippen molar-refractivity contribution in [1.29, 1.82) is 0 Å². The molecule has 1 heterocycles. The van der Waals surface area contributed by atoms with Gasteiger partial charge in [-0.2, -0.15) is 0 Å². The van der Waals surface area contributed by atoms with E-state index in [0.29, 0.717) is 5.69 Å². The van der Waals surface area contributed by atoms with Gasteiger partial charge < -0.3 is 5.73 Å². The molecule has 4 heteroatoms. The van der Waals surface area contributed by atoms with Crippen LogP contribution in [-0.2, 0) is 10.8 Å². The molecule has 0 saturated carbocycles. The maximum atomic E-state index is 11.4. The molecule has 3 nitrogen and oxygen atoms in total. The fourth-order valence-electron chi connectivity index (χ4n) is 1.32. The van der Waals surface area contributed by atoms with E-state index in [9.17, 15) is 4.79 Å². The summed E-state index contributed by atoms with van der Waals surface area (Å²) in [6.45, 7) is 12.5. The van der Waals surface area contributed by atoms with Crippen molar-refractivity contribution < 1.29 is 4.79 Å². The van der Waals surface area contributed by atoms with E-state index in [1.165, 1.54) is 0 Å². The Morgan fingerprint density at radius 3 is 1.88 bits per heavy atom. The van der Waals surface area contributed by atoms with Gasteiger partial charge in [0.15, 0.2) is 0 Å². The molecule has 0 bridgehead atoms.